The quantitative estimate of drug-likeness (QED) is 0.823. The van der Waals surface area contributed by atoms with Gasteiger partial charge in [-0.25, -0.2) is 0 Å². The summed E-state index contributed by atoms with van der Waals surface area (Å²) in [6.45, 7) is 2.19. The Labute approximate surface area is 93.6 Å². The molecule has 0 saturated heterocycles. The number of hydrogen-bond donors (Lipinski definition) is 1. The van der Waals surface area contributed by atoms with E-state index in [1.807, 2.05) is 6.07 Å². The number of hydrogen-bond acceptors (Lipinski definition) is 3. The van der Waals surface area contributed by atoms with Crippen LogP contribution >= 0.6 is 0 Å². The lowest BCUT2D eigenvalue weighted by molar-refractivity contribution is -0.116. The second kappa shape index (κ2) is 4.35. The Bertz CT molecular complexity index is 440. The molecule has 1 amide bonds. The van der Waals surface area contributed by atoms with Gasteiger partial charge in [-0.05, 0) is 30.7 Å². The number of Topliss-reactive ketones (excluding diaryl/α,β-unsaturated/α-hetero) is 1. The zero-order valence-electron chi connectivity index (χ0n) is 9.08. The van der Waals surface area contributed by atoms with Crippen molar-refractivity contribution >= 4 is 11.7 Å². The van der Waals surface area contributed by atoms with Gasteiger partial charge in [-0.2, -0.15) is 0 Å². The van der Waals surface area contributed by atoms with Crippen molar-refractivity contribution in [3.63, 3.8) is 0 Å². The van der Waals surface area contributed by atoms with Crippen LogP contribution in [0.5, 0.6) is 5.75 Å². The summed E-state index contributed by atoms with van der Waals surface area (Å²) in [7, 11) is 0. The van der Waals surface area contributed by atoms with Crippen molar-refractivity contribution in [2.24, 2.45) is 0 Å². The molecular formula is C12H13NO3. The van der Waals surface area contributed by atoms with Gasteiger partial charge in [0.1, 0.15) is 11.5 Å². The van der Waals surface area contributed by atoms with Gasteiger partial charge in [-0.15, -0.1) is 0 Å². The SMILES string of the molecule is CC(=O)CNC(=O)c1ccc2c(c1)CCO2. The molecule has 1 aliphatic rings. The van der Waals surface area contributed by atoms with Crippen molar-refractivity contribution in [2.75, 3.05) is 13.2 Å². The van der Waals surface area contributed by atoms with Gasteiger partial charge in [-0.1, -0.05) is 0 Å². The van der Waals surface area contributed by atoms with Crippen LogP contribution in [0.2, 0.25) is 0 Å². The Morgan fingerprint density at radius 2 is 2.25 bits per heavy atom. The third-order valence-corrected chi connectivity index (χ3v) is 2.45. The fourth-order valence-electron chi connectivity index (χ4n) is 1.63. The smallest absolute Gasteiger partial charge is 0.251 e. The maximum Gasteiger partial charge on any atom is 0.251 e. The molecule has 0 saturated carbocycles. The summed E-state index contributed by atoms with van der Waals surface area (Å²) >= 11 is 0. The van der Waals surface area contributed by atoms with Crippen molar-refractivity contribution in [3.8, 4) is 5.75 Å². The molecule has 1 aromatic carbocycles. The van der Waals surface area contributed by atoms with Gasteiger partial charge in [0.2, 0.25) is 0 Å². The van der Waals surface area contributed by atoms with Crippen LogP contribution in [0.1, 0.15) is 22.8 Å². The zero-order valence-corrected chi connectivity index (χ0v) is 9.08. The third kappa shape index (κ3) is 2.21. The van der Waals surface area contributed by atoms with Gasteiger partial charge in [0.05, 0.1) is 13.2 Å². The van der Waals surface area contributed by atoms with E-state index in [2.05, 4.69) is 5.32 Å². The summed E-state index contributed by atoms with van der Waals surface area (Å²) in [6.07, 6.45) is 0.836. The van der Waals surface area contributed by atoms with E-state index in [0.29, 0.717) is 12.2 Å². The number of carbonyl (C=O) groups excluding carboxylic acids is 2. The maximum atomic E-state index is 11.6. The molecule has 4 nitrogen and oxygen atoms in total. The molecule has 0 fully saturated rings. The van der Waals surface area contributed by atoms with Crippen molar-refractivity contribution in [1.29, 1.82) is 0 Å². The molecule has 0 spiro atoms. The van der Waals surface area contributed by atoms with Gasteiger partial charge in [0.15, 0.2) is 0 Å². The van der Waals surface area contributed by atoms with E-state index in [0.717, 1.165) is 17.7 Å². The van der Waals surface area contributed by atoms with Gasteiger partial charge in [0, 0.05) is 12.0 Å². The van der Waals surface area contributed by atoms with E-state index in [9.17, 15) is 9.59 Å². The van der Waals surface area contributed by atoms with Crippen LogP contribution in [0.4, 0.5) is 0 Å². The molecule has 1 N–H and O–H groups in total. The summed E-state index contributed by atoms with van der Waals surface area (Å²) in [5.41, 5.74) is 1.63. The first-order valence-corrected chi connectivity index (χ1v) is 5.20. The van der Waals surface area contributed by atoms with E-state index >= 15 is 0 Å². The average Bonchev–Trinajstić information content (AvgIpc) is 2.72. The number of nitrogens with one attached hydrogen (secondary N) is 1. The monoisotopic (exact) mass is 219 g/mol. The molecule has 16 heavy (non-hydrogen) atoms. The highest BCUT2D eigenvalue weighted by molar-refractivity contribution is 5.96. The summed E-state index contributed by atoms with van der Waals surface area (Å²) in [4.78, 5) is 22.4. The van der Waals surface area contributed by atoms with Gasteiger partial charge in [-0.3, -0.25) is 9.59 Å². The number of ketones is 1. The standard InChI is InChI=1S/C12H13NO3/c1-8(14)7-13-12(15)10-2-3-11-9(6-10)4-5-16-11/h2-3,6H,4-5,7H2,1H3,(H,13,15). The predicted octanol–water partition coefficient (Wildman–Crippen LogP) is 0.940. The lowest BCUT2D eigenvalue weighted by Gasteiger charge is -2.04. The molecule has 1 aromatic rings. The summed E-state index contributed by atoms with van der Waals surface area (Å²) in [5.74, 6) is 0.575. The van der Waals surface area contributed by atoms with Crippen LogP contribution in [-0.4, -0.2) is 24.8 Å². The summed E-state index contributed by atoms with van der Waals surface area (Å²) in [5, 5.41) is 2.56. The van der Waals surface area contributed by atoms with Crippen molar-refractivity contribution < 1.29 is 14.3 Å². The predicted molar refractivity (Wildman–Crippen MR) is 58.7 cm³/mol. The topological polar surface area (TPSA) is 55.4 Å². The highest BCUT2D eigenvalue weighted by Gasteiger charge is 2.14. The second-order valence-corrected chi connectivity index (χ2v) is 3.81. The molecule has 2 rings (SSSR count). The molecular weight excluding hydrogens is 206 g/mol. The average molecular weight is 219 g/mol. The zero-order chi connectivity index (χ0) is 11.5. The summed E-state index contributed by atoms with van der Waals surface area (Å²) in [6, 6.07) is 5.32. The van der Waals surface area contributed by atoms with Crippen molar-refractivity contribution in [1.82, 2.24) is 5.32 Å². The molecule has 1 heterocycles. The first-order chi connectivity index (χ1) is 7.66. The van der Waals surface area contributed by atoms with Crippen molar-refractivity contribution in [3.05, 3.63) is 29.3 Å². The number of rotatable bonds is 3. The normalized spacial score (nSPS) is 12.8. The molecule has 0 radical (unpaired) electrons. The lowest BCUT2D eigenvalue weighted by atomic mass is 10.1. The van der Waals surface area contributed by atoms with Crippen molar-refractivity contribution in [2.45, 2.75) is 13.3 Å². The molecule has 0 unspecified atom stereocenters. The van der Waals surface area contributed by atoms with Crippen LogP contribution in [0.3, 0.4) is 0 Å². The number of carbonyl (C=O) groups is 2. The van der Waals surface area contributed by atoms with E-state index < -0.39 is 0 Å². The van der Waals surface area contributed by atoms with Crippen LogP contribution in [0, 0.1) is 0 Å². The minimum Gasteiger partial charge on any atom is -0.493 e. The summed E-state index contributed by atoms with van der Waals surface area (Å²) < 4.78 is 5.35. The molecule has 0 atom stereocenters. The van der Waals surface area contributed by atoms with Crippen LogP contribution in [-0.2, 0) is 11.2 Å². The highest BCUT2D eigenvalue weighted by Crippen LogP contribution is 2.25. The van der Waals surface area contributed by atoms with E-state index in [-0.39, 0.29) is 18.2 Å². The fraction of sp³-hybridized carbons (Fsp3) is 0.333. The molecule has 0 aliphatic carbocycles. The van der Waals surface area contributed by atoms with E-state index in [1.165, 1.54) is 6.92 Å². The van der Waals surface area contributed by atoms with Gasteiger partial charge < -0.3 is 10.1 Å². The largest absolute Gasteiger partial charge is 0.493 e. The lowest BCUT2D eigenvalue weighted by Crippen LogP contribution is -2.28. The number of benzene rings is 1. The maximum absolute atomic E-state index is 11.6. The first-order valence-electron chi connectivity index (χ1n) is 5.20. The van der Waals surface area contributed by atoms with Gasteiger partial charge in [0.25, 0.3) is 5.91 Å². The molecule has 4 heteroatoms. The molecule has 0 aromatic heterocycles. The Morgan fingerprint density at radius 1 is 1.44 bits per heavy atom. The Hall–Kier alpha value is -1.84. The minimum absolute atomic E-state index is 0.0576. The number of amides is 1. The highest BCUT2D eigenvalue weighted by atomic mass is 16.5. The first kappa shape index (κ1) is 10.7. The minimum atomic E-state index is -0.218. The Morgan fingerprint density at radius 3 is 3.00 bits per heavy atom. The van der Waals surface area contributed by atoms with Gasteiger partial charge >= 0.3 is 0 Å². The second-order valence-electron chi connectivity index (χ2n) is 3.81. The third-order valence-electron chi connectivity index (χ3n) is 2.45. The van der Waals surface area contributed by atoms with E-state index in [4.69, 9.17) is 4.74 Å². The Balaban J connectivity index is 2.09. The van der Waals surface area contributed by atoms with Crippen LogP contribution in [0.15, 0.2) is 18.2 Å². The molecule has 1 aliphatic heterocycles. The van der Waals surface area contributed by atoms with E-state index in [1.54, 1.807) is 12.1 Å². The fourth-order valence-corrected chi connectivity index (χ4v) is 1.63. The molecule has 84 valence electrons. The van der Waals surface area contributed by atoms with Crippen LogP contribution < -0.4 is 10.1 Å². The molecule has 0 bridgehead atoms. The van der Waals surface area contributed by atoms with Crippen LogP contribution in [0.25, 0.3) is 0 Å². The number of fused-ring (bicyclic) bond motifs is 1. The number of ether oxygens (including phenoxy) is 1. The Kier molecular flexibility index (Phi) is 2.90.